The van der Waals surface area contributed by atoms with Crippen molar-refractivity contribution in [1.29, 1.82) is 0 Å². The number of carbonyl (C=O) groups excluding carboxylic acids is 3. The molecule has 0 spiro atoms. The number of likely N-dealkylation sites (tertiary alicyclic amines) is 2. The van der Waals surface area contributed by atoms with Crippen LogP contribution in [0.4, 0.5) is 4.79 Å². The second-order valence-electron chi connectivity index (χ2n) is 15.0. The molecule has 5 N–H and O–H groups in total. The van der Waals surface area contributed by atoms with Crippen molar-refractivity contribution in [3.63, 3.8) is 0 Å². The summed E-state index contributed by atoms with van der Waals surface area (Å²) in [5.74, 6) is 2.74. The third-order valence-corrected chi connectivity index (χ3v) is 11.1. The fourth-order valence-electron chi connectivity index (χ4n) is 8.42. The second-order valence-corrected chi connectivity index (χ2v) is 15.0. The molecule has 2 unspecified atom stereocenters. The number of urea groups is 1. The monoisotopic (exact) mass is 717 g/mol. The Kier molecular flexibility index (Phi) is 8.21. The summed E-state index contributed by atoms with van der Waals surface area (Å²) < 4.78 is 8.50. The summed E-state index contributed by atoms with van der Waals surface area (Å²) in [6.07, 6.45) is 6.65. The van der Waals surface area contributed by atoms with Gasteiger partial charge in [-0.25, -0.2) is 14.8 Å². The number of aliphatic hydroxyl groups excluding tert-OH is 1. The van der Waals surface area contributed by atoms with Gasteiger partial charge in [-0.15, -0.1) is 0 Å². The van der Waals surface area contributed by atoms with Crippen molar-refractivity contribution < 1.29 is 24.2 Å². The molecule has 4 atom stereocenters. The van der Waals surface area contributed by atoms with Gasteiger partial charge in [-0.05, 0) is 61.9 Å². The lowest BCUT2D eigenvalue weighted by Crippen LogP contribution is -2.40. The van der Waals surface area contributed by atoms with Gasteiger partial charge in [0.25, 0.3) is 0 Å². The van der Waals surface area contributed by atoms with Gasteiger partial charge in [0.15, 0.2) is 6.73 Å². The van der Waals surface area contributed by atoms with Crippen LogP contribution in [0.5, 0.6) is 5.75 Å². The number of benzene rings is 2. The number of nitrogens with one attached hydrogen (secondary N) is 4. The molecule has 0 bridgehead atoms. The van der Waals surface area contributed by atoms with Crippen molar-refractivity contribution >= 4 is 28.7 Å². The van der Waals surface area contributed by atoms with E-state index in [0.717, 1.165) is 94.3 Å². The minimum atomic E-state index is -1.09. The Morgan fingerprint density at radius 1 is 0.887 bits per heavy atom. The van der Waals surface area contributed by atoms with Crippen LogP contribution in [0.1, 0.15) is 76.1 Å². The third kappa shape index (κ3) is 6.00. The Hall–Kier alpha value is -5.63. The van der Waals surface area contributed by atoms with E-state index in [1.165, 1.54) is 0 Å². The van der Waals surface area contributed by atoms with Crippen molar-refractivity contribution in [2.45, 2.75) is 83.5 Å². The van der Waals surface area contributed by atoms with Gasteiger partial charge < -0.3 is 44.8 Å². The summed E-state index contributed by atoms with van der Waals surface area (Å²) in [5, 5.41) is 16.1. The fraction of sp³-hybridized carbons (Fsp3) is 0.410. The number of hydrogen-bond acceptors (Lipinski definition) is 7. The minimum absolute atomic E-state index is 0.0132. The van der Waals surface area contributed by atoms with E-state index in [4.69, 9.17) is 9.72 Å². The van der Waals surface area contributed by atoms with Gasteiger partial charge in [0, 0.05) is 41.6 Å². The highest BCUT2D eigenvalue weighted by molar-refractivity contribution is 5.92. The molecule has 0 aliphatic carbocycles. The maximum atomic E-state index is 13.2. The molecule has 3 aromatic heterocycles. The van der Waals surface area contributed by atoms with Crippen LogP contribution in [0.25, 0.3) is 44.7 Å². The quantitative estimate of drug-likeness (QED) is 0.147. The molecule has 4 amide bonds. The van der Waals surface area contributed by atoms with Crippen molar-refractivity contribution in [2.75, 3.05) is 13.1 Å². The molecule has 3 fully saturated rings. The van der Waals surface area contributed by atoms with E-state index in [1.807, 2.05) is 17.3 Å². The van der Waals surface area contributed by atoms with E-state index >= 15 is 0 Å². The van der Waals surface area contributed by atoms with Gasteiger partial charge in [-0.3, -0.25) is 9.59 Å². The highest BCUT2D eigenvalue weighted by Crippen LogP contribution is 2.42. The molecule has 9 rings (SSSR count). The predicted molar refractivity (Wildman–Crippen MR) is 196 cm³/mol. The highest BCUT2D eigenvalue weighted by atomic mass is 16.5. The van der Waals surface area contributed by atoms with Crippen LogP contribution < -0.4 is 15.4 Å². The average molecular weight is 718 g/mol. The number of rotatable bonds is 8. The van der Waals surface area contributed by atoms with Gasteiger partial charge >= 0.3 is 6.03 Å². The van der Waals surface area contributed by atoms with E-state index in [2.05, 4.69) is 86.5 Å². The van der Waals surface area contributed by atoms with Crippen LogP contribution in [0, 0.1) is 5.92 Å². The summed E-state index contributed by atoms with van der Waals surface area (Å²) in [6.45, 7) is 5.90. The molecule has 274 valence electrons. The molecule has 14 nitrogen and oxygen atoms in total. The van der Waals surface area contributed by atoms with Crippen molar-refractivity contribution in [2.24, 2.45) is 5.92 Å². The number of aromatic nitrogens is 5. The molecule has 53 heavy (non-hydrogen) atoms. The lowest BCUT2D eigenvalue weighted by molar-refractivity contribution is -0.134. The van der Waals surface area contributed by atoms with Crippen LogP contribution in [0.15, 0.2) is 54.9 Å². The normalized spacial score (nSPS) is 22.2. The second kappa shape index (κ2) is 13.1. The van der Waals surface area contributed by atoms with Gasteiger partial charge in [-0.1, -0.05) is 26.0 Å². The lowest BCUT2D eigenvalue weighted by Gasteiger charge is -2.25. The SMILES string of the molecule is CC(C)CC(=O)N1CCC[C@H]1c1ncc(-c2ccc3c(c2)OCn2c-3cc3cc(-c4cnc([C@@H]5CCCN5C(=O)CC5NC(=O)NC5O)[nH]4)ccc32)[nH]1. The van der Waals surface area contributed by atoms with Gasteiger partial charge in [0.2, 0.25) is 11.8 Å². The first-order valence-electron chi connectivity index (χ1n) is 18.6. The zero-order valence-corrected chi connectivity index (χ0v) is 29.8. The first-order chi connectivity index (χ1) is 25.7. The van der Waals surface area contributed by atoms with Crippen LogP contribution in [-0.2, 0) is 16.3 Å². The molecule has 4 aliphatic rings. The maximum absolute atomic E-state index is 13.2. The highest BCUT2D eigenvalue weighted by Gasteiger charge is 2.37. The van der Waals surface area contributed by atoms with Crippen molar-refractivity contribution in [3.8, 4) is 39.5 Å². The van der Waals surface area contributed by atoms with Crippen LogP contribution in [-0.4, -0.2) is 82.6 Å². The number of amides is 4. The fourth-order valence-corrected chi connectivity index (χ4v) is 8.42. The minimum Gasteiger partial charge on any atom is -0.472 e. The van der Waals surface area contributed by atoms with E-state index in [0.29, 0.717) is 25.6 Å². The molecule has 0 radical (unpaired) electrons. The van der Waals surface area contributed by atoms with Crippen LogP contribution >= 0.6 is 0 Å². The standard InChI is InChI=1S/C39H43N9O5/c1-21(2)13-34(49)46-11-3-5-30(46)36-41-19-28(43-36)23-7-9-25-32-15-24-14-22(8-10-29(24)48(32)20-53-33(25)16-23)27-18-40-37(42-27)31-6-4-12-47(31)35(50)17-26-38(51)45-39(52)44-26/h7-10,14-16,18-19,21,26,30-31,38,51H,3-6,11-13,17,20H2,1-2H3,(H,40,42)(H,41,43)(H2,44,45,52)/t26?,30-,31-,38?/m0/s1. The summed E-state index contributed by atoms with van der Waals surface area (Å²) in [6, 6.07) is 13.4. The molecule has 5 aromatic rings. The zero-order chi connectivity index (χ0) is 36.4. The number of aromatic amines is 2. The Morgan fingerprint density at radius 3 is 2.21 bits per heavy atom. The van der Waals surface area contributed by atoms with E-state index in [1.54, 1.807) is 4.90 Å². The predicted octanol–water partition coefficient (Wildman–Crippen LogP) is 5.20. The molecule has 7 heterocycles. The van der Waals surface area contributed by atoms with Gasteiger partial charge in [0.05, 0.1) is 59.5 Å². The number of H-pyrrole nitrogens is 2. The number of aliphatic hydroxyl groups is 1. The summed E-state index contributed by atoms with van der Waals surface area (Å²) in [7, 11) is 0. The molecule has 3 saturated heterocycles. The first kappa shape index (κ1) is 33.2. The third-order valence-electron chi connectivity index (χ3n) is 11.1. The van der Waals surface area contributed by atoms with Crippen LogP contribution in [0.3, 0.4) is 0 Å². The molecule has 14 heteroatoms. The number of ether oxygens (including phenoxy) is 1. The molecular formula is C39H43N9O5. The molecule has 2 aromatic carbocycles. The Balaban J connectivity index is 0.924. The molecular weight excluding hydrogens is 674 g/mol. The Labute approximate surface area is 305 Å². The summed E-state index contributed by atoms with van der Waals surface area (Å²) >= 11 is 0. The smallest absolute Gasteiger partial charge is 0.317 e. The maximum Gasteiger partial charge on any atom is 0.317 e. The van der Waals surface area contributed by atoms with Gasteiger partial charge in [0.1, 0.15) is 23.6 Å². The topological polar surface area (TPSA) is 173 Å². The number of nitrogens with zero attached hydrogens (tertiary/aromatic N) is 5. The molecule has 4 aliphatic heterocycles. The van der Waals surface area contributed by atoms with E-state index < -0.39 is 18.3 Å². The zero-order valence-electron chi connectivity index (χ0n) is 29.8. The van der Waals surface area contributed by atoms with Crippen molar-refractivity contribution in [3.05, 3.63) is 66.5 Å². The van der Waals surface area contributed by atoms with Crippen molar-refractivity contribution in [1.82, 2.24) is 44.9 Å². The Bertz CT molecular complexity index is 2240. The molecule has 0 saturated carbocycles. The number of imidazole rings is 2. The first-order valence-corrected chi connectivity index (χ1v) is 18.6. The summed E-state index contributed by atoms with van der Waals surface area (Å²) in [4.78, 5) is 57.8. The Morgan fingerprint density at radius 2 is 1.55 bits per heavy atom. The largest absolute Gasteiger partial charge is 0.472 e. The lowest BCUT2D eigenvalue weighted by atomic mass is 10.0. The summed E-state index contributed by atoms with van der Waals surface area (Å²) in [5.41, 5.74) is 6.86. The average Bonchev–Trinajstić information content (AvgIpc) is 3.98. The number of hydrogen-bond donors (Lipinski definition) is 5. The van der Waals surface area contributed by atoms with E-state index in [-0.39, 0.29) is 30.3 Å². The number of carbonyl (C=O) groups is 3. The van der Waals surface area contributed by atoms with E-state index in [9.17, 15) is 19.5 Å². The van der Waals surface area contributed by atoms with Gasteiger partial charge in [-0.2, -0.15) is 0 Å². The number of fused-ring (bicyclic) bond motifs is 5. The van der Waals surface area contributed by atoms with Crippen LogP contribution in [0.2, 0.25) is 0 Å².